The van der Waals surface area contributed by atoms with Gasteiger partial charge in [-0.3, -0.25) is 4.98 Å². The Morgan fingerprint density at radius 3 is 2.76 bits per heavy atom. The Labute approximate surface area is 117 Å². The maximum absolute atomic E-state index is 12.4. The van der Waals surface area contributed by atoms with Crippen LogP contribution in [0.25, 0.3) is 11.5 Å². The predicted octanol–water partition coefficient (Wildman–Crippen LogP) is 2.01. The summed E-state index contributed by atoms with van der Waals surface area (Å²) < 4.78 is 41.5. The molecule has 1 fully saturated rings. The van der Waals surface area contributed by atoms with E-state index >= 15 is 0 Å². The molecule has 0 bridgehead atoms. The van der Waals surface area contributed by atoms with Crippen molar-refractivity contribution in [3.05, 3.63) is 24.0 Å². The van der Waals surface area contributed by atoms with E-state index in [2.05, 4.69) is 29.9 Å². The van der Waals surface area contributed by atoms with E-state index in [0.29, 0.717) is 0 Å². The Hall–Kier alpha value is -2.03. The Bertz CT molecular complexity index is 621. The Kier molecular flexibility index (Phi) is 3.58. The second kappa shape index (κ2) is 5.40. The molecule has 0 saturated carbocycles. The average molecular weight is 299 g/mol. The smallest absolute Gasteiger partial charge is 0.329 e. The van der Waals surface area contributed by atoms with Crippen LogP contribution in [-0.4, -0.2) is 33.2 Å². The van der Waals surface area contributed by atoms with Crippen LogP contribution in [0.4, 0.5) is 13.2 Å². The minimum absolute atomic E-state index is 0.178. The van der Waals surface area contributed by atoms with Crippen LogP contribution in [-0.2, 0) is 6.18 Å². The van der Waals surface area contributed by atoms with Gasteiger partial charge in [-0.2, -0.15) is 18.2 Å². The summed E-state index contributed by atoms with van der Waals surface area (Å²) >= 11 is 0. The molecule has 1 N–H and O–H groups in total. The zero-order chi connectivity index (χ0) is 14.9. The zero-order valence-electron chi connectivity index (χ0n) is 10.9. The van der Waals surface area contributed by atoms with E-state index in [1.165, 1.54) is 6.20 Å². The van der Waals surface area contributed by atoms with E-state index in [1.54, 1.807) is 6.20 Å². The van der Waals surface area contributed by atoms with Crippen molar-refractivity contribution in [3.8, 4) is 11.5 Å². The quantitative estimate of drug-likeness (QED) is 0.914. The molecule has 1 saturated heterocycles. The van der Waals surface area contributed by atoms with Crippen LogP contribution in [0.2, 0.25) is 0 Å². The number of nitrogens with zero attached hydrogens (tertiary/aromatic N) is 4. The van der Waals surface area contributed by atoms with Gasteiger partial charge in [0.05, 0.1) is 11.9 Å². The van der Waals surface area contributed by atoms with E-state index in [1.807, 2.05) is 0 Å². The fourth-order valence-corrected chi connectivity index (χ4v) is 2.23. The molecule has 0 aromatic carbocycles. The van der Waals surface area contributed by atoms with E-state index in [-0.39, 0.29) is 17.4 Å². The Balaban J connectivity index is 1.87. The first-order chi connectivity index (χ1) is 10.0. The van der Waals surface area contributed by atoms with Crippen LogP contribution < -0.4 is 5.32 Å². The second-order valence-corrected chi connectivity index (χ2v) is 4.79. The molecule has 0 amide bonds. The second-order valence-electron chi connectivity index (χ2n) is 4.79. The van der Waals surface area contributed by atoms with Gasteiger partial charge in [0.2, 0.25) is 5.82 Å². The number of nitrogens with one attached hydrogen (secondary N) is 1. The van der Waals surface area contributed by atoms with Gasteiger partial charge in [0.1, 0.15) is 5.69 Å². The first-order valence-corrected chi connectivity index (χ1v) is 6.48. The van der Waals surface area contributed by atoms with Gasteiger partial charge in [0, 0.05) is 18.7 Å². The monoisotopic (exact) mass is 299 g/mol. The predicted molar refractivity (Wildman–Crippen MR) is 65.2 cm³/mol. The van der Waals surface area contributed by atoms with Gasteiger partial charge in [-0.1, -0.05) is 5.16 Å². The summed E-state index contributed by atoms with van der Waals surface area (Å²) in [6.07, 6.45) is 0.266. The van der Waals surface area contributed by atoms with Crippen molar-refractivity contribution in [2.24, 2.45) is 0 Å². The lowest BCUT2D eigenvalue weighted by molar-refractivity contribution is -0.159. The van der Waals surface area contributed by atoms with Crippen molar-refractivity contribution in [2.45, 2.75) is 24.9 Å². The molecule has 3 rings (SSSR count). The normalized spacial score (nSPS) is 19.7. The maximum atomic E-state index is 12.4. The van der Waals surface area contributed by atoms with Crippen LogP contribution in [0, 0.1) is 0 Å². The van der Waals surface area contributed by atoms with Crippen LogP contribution >= 0.6 is 0 Å². The highest BCUT2D eigenvalue weighted by molar-refractivity contribution is 5.46. The molecule has 0 unspecified atom stereocenters. The molecule has 0 spiro atoms. The topological polar surface area (TPSA) is 76.7 Å². The van der Waals surface area contributed by atoms with Crippen LogP contribution in [0.5, 0.6) is 0 Å². The highest BCUT2D eigenvalue weighted by Gasteiger charge is 2.38. The molecule has 1 atom stereocenters. The highest BCUT2D eigenvalue weighted by Crippen LogP contribution is 2.29. The van der Waals surface area contributed by atoms with Crippen molar-refractivity contribution >= 4 is 0 Å². The third-order valence-electron chi connectivity index (χ3n) is 3.27. The van der Waals surface area contributed by atoms with E-state index in [0.717, 1.165) is 31.6 Å². The van der Waals surface area contributed by atoms with E-state index < -0.39 is 12.1 Å². The van der Waals surface area contributed by atoms with Crippen molar-refractivity contribution in [1.82, 2.24) is 25.4 Å². The first-order valence-electron chi connectivity index (χ1n) is 6.48. The van der Waals surface area contributed by atoms with Gasteiger partial charge in [0.15, 0.2) is 0 Å². The molecule has 21 heavy (non-hydrogen) atoms. The lowest BCUT2D eigenvalue weighted by Crippen LogP contribution is -2.28. The molecule has 0 radical (unpaired) electrons. The molecule has 1 aliphatic heterocycles. The summed E-state index contributed by atoms with van der Waals surface area (Å²) in [5.74, 6) is -1.40. The minimum atomic E-state index is -4.66. The van der Waals surface area contributed by atoms with Gasteiger partial charge in [-0.25, -0.2) is 4.98 Å². The fourth-order valence-electron chi connectivity index (χ4n) is 2.23. The maximum Gasteiger partial charge on any atom is 0.471 e. The number of hydrogen-bond acceptors (Lipinski definition) is 6. The van der Waals surface area contributed by atoms with Crippen LogP contribution in [0.3, 0.4) is 0 Å². The van der Waals surface area contributed by atoms with Crippen molar-refractivity contribution < 1.29 is 17.7 Å². The molecule has 0 aliphatic carbocycles. The molecule has 9 heteroatoms. The minimum Gasteiger partial charge on any atom is -0.329 e. The van der Waals surface area contributed by atoms with Gasteiger partial charge < -0.3 is 9.84 Å². The number of hydrogen-bond donors (Lipinski definition) is 1. The van der Waals surface area contributed by atoms with Crippen LogP contribution in [0.15, 0.2) is 16.9 Å². The number of alkyl halides is 3. The SMILES string of the molecule is FC(F)(F)c1nc(-c2cncc([C@H]3CCCNC3)n2)no1. The molecular weight excluding hydrogens is 287 g/mol. The van der Waals surface area contributed by atoms with Gasteiger partial charge in [0.25, 0.3) is 0 Å². The summed E-state index contributed by atoms with van der Waals surface area (Å²) in [5, 5.41) is 6.57. The third kappa shape index (κ3) is 3.02. The van der Waals surface area contributed by atoms with E-state index in [4.69, 9.17) is 0 Å². The molecular formula is C12H12F3N5O. The summed E-state index contributed by atoms with van der Waals surface area (Å²) in [7, 11) is 0. The van der Waals surface area contributed by atoms with Crippen molar-refractivity contribution in [2.75, 3.05) is 13.1 Å². The third-order valence-corrected chi connectivity index (χ3v) is 3.27. The standard InChI is InChI=1S/C12H12F3N5O/c13-12(14,15)11-19-10(20-21-11)9-6-17-5-8(18-9)7-2-1-3-16-4-7/h5-7,16H,1-4H2/t7-/m0/s1. The zero-order valence-corrected chi connectivity index (χ0v) is 10.9. The van der Waals surface area contributed by atoms with Gasteiger partial charge in [-0.05, 0) is 19.4 Å². The number of rotatable bonds is 2. The molecule has 112 valence electrons. The lowest BCUT2D eigenvalue weighted by Gasteiger charge is -2.21. The molecule has 6 nitrogen and oxygen atoms in total. The lowest BCUT2D eigenvalue weighted by atomic mass is 9.96. The van der Waals surface area contributed by atoms with Gasteiger partial charge in [-0.15, -0.1) is 0 Å². The Morgan fingerprint density at radius 1 is 1.24 bits per heavy atom. The highest BCUT2D eigenvalue weighted by atomic mass is 19.4. The van der Waals surface area contributed by atoms with Crippen molar-refractivity contribution in [3.63, 3.8) is 0 Å². The number of aromatic nitrogens is 4. The molecule has 2 aromatic rings. The van der Waals surface area contributed by atoms with Crippen LogP contribution in [0.1, 0.15) is 30.3 Å². The Morgan fingerprint density at radius 2 is 2.10 bits per heavy atom. The molecule has 2 aromatic heterocycles. The molecule has 1 aliphatic rings. The summed E-state index contributed by atoms with van der Waals surface area (Å²) in [4.78, 5) is 11.6. The summed E-state index contributed by atoms with van der Waals surface area (Å²) in [5.41, 5.74) is 0.899. The first kappa shape index (κ1) is 13.9. The average Bonchev–Trinajstić information content (AvgIpc) is 2.98. The number of piperidine rings is 1. The fraction of sp³-hybridized carbons (Fsp3) is 0.500. The molecule has 3 heterocycles. The van der Waals surface area contributed by atoms with Crippen molar-refractivity contribution in [1.29, 1.82) is 0 Å². The summed E-state index contributed by atoms with van der Waals surface area (Å²) in [6, 6.07) is 0. The van der Waals surface area contributed by atoms with E-state index in [9.17, 15) is 13.2 Å². The number of halogens is 3. The van der Waals surface area contributed by atoms with Gasteiger partial charge >= 0.3 is 12.1 Å². The summed E-state index contributed by atoms with van der Waals surface area (Å²) in [6.45, 7) is 1.74. The largest absolute Gasteiger partial charge is 0.471 e.